The van der Waals surface area contributed by atoms with Crippen molar-refractivity contribution in [1.29, 1.82) is 0 Å². The number of aliphatic hydroxyl groups is 1. The molecule has 5 nitrogen and oxygen atoms in total. The van der Waals surface area contributed by atoms with E-state index in [0.717, 1.165) is 0 Å². The summed E-state index contributed by atoms with van der Waals surface area (Å²) in [6.07, 6.45) is 0.334. The minimum atomic E-state index is -0.897. The van der Waals surface area contributed by atoms with Crippen molar-refractivity contribution in [3.63, 3.8) is 0 Å². The number of nitrogens with zero attached hydrogens (tertiary/aromatic N) is 1. The number of hydrogen-bond donors (Lipinski definition) is 1. The first-order chi connectivity index (χ1) is 7.90. The Hall–Kier alpha value is 0.454. The molecule has 1 amide bonds. The van der Waals surface area contributed by atoms with Gasteiger partial charge < -0.3 is 20.5 Å². The van der Waals surface area contributed by atoms with Gasteiger partial charge in [-0.25, -0.2) is 0 Å². The molecule has 0 rings (SSSR count). The van der Waals surface area contributed by atoms with Crippen molar-refractivity contribution in [3.05, 3.63) is 5.73 Å². The molecule has 0 spiro atoms. The number of rotatable bonds is 6. The summed E-state index contributed by atoms with van der Waals surface area (Å²) in [5.41, 5.74) is 7.20. The first kappa shape index (κ1) is 23.5. The monoisotopic (exact) mass is 336 g/mol. The van der Waals surface area contributed by atoms with Gasteiger partial charge in [-0.3, -0.25) is 4.79 Å². The van der Waals surface area contributed by atoms with Gasteiger partial charge in [-0.05, 0) is 6.92 Å². The third-order valence-corrected chi connectivity index (χ3v) is 1.88. The second-order valence-corrected chi connectivity index (χ2v) is 3.98. The van der Waals surface area contributed by atoms with E-state index in [1.54, 1.807) is 14.0 Å². The number of carbonyl (C=O) groups excluding carboxylic acids is 1. The van der Waals surface area contributed by atoms with Crippen LogP contribution < -0.4 is 0 Å². The Kier molecular flexibility index (Phi) is 20.3. The molecule has 0 bridgehead atoms. The van der Waals surface area contributed by atoms with E-state index < -0.39 is 12.1 Å². The average molecular weight is 336 g/mol. The molecule has 0 heterocycles. The summed E-state index contributed by atoms with van der Waals surface area (Å²) in [6, 6.07) is -0.639. The zero-order chi connectivity index (χ0) is 13.8. The van der Waals surface area contributed by atoms with E-state index in [1.165, 1.54) is 11.3 Å². The molecule has 2 N–H and O–H groups in total. The Morgan fingerprint density at radius 2 is 1.83 bits per heavy atom. The van der Waals surface area contributed by atoms with Gasteiger partial charge in [0, 0.05) is 52.5 Å². The van der Waals surface area contributed by atoms with Crippen LogP contribution in [-0.4, -0.2) is 48.4 Å². The molecule has 0 aromatic carbocycles. The average Bonchev–Trinajstić information content (AvgIpc) is 2.26. The SMILES string of the molecule is CCC.CCOCN(C)C(=O)CC(O)C(C)[NH-].[Y]. The first-order valence-corrected chi connectivity index (χ1v) is 6.11. The molecule has 0 aromatic heterocycles. The standard InChI is InChI=1S/C9H19N2O3.C3H8.Y/c1-4-14-6-11(3)9(13)5-8(12)7(2)10;1-3-2;/h7-8,10,12H,4-6H2,1-3H3;3H2,1-2H3;/q-1;;. The Morgan fingerprint density at radius 1 is 1.39 bits per heavy atom. The van der Waals surface area contributed by atoms with Crippen LogP contribution in [0.2, 0.25) is 0 Å². The molecule has 6 heteroatoms. The third kappa shape index (κ3) is 14.5. The van der Waals surface area contributed by atoms with Gasteiger partial charge in [0.2, 0.25) is 5.91 Å². The maximum atomic E-state index is 11.4. The van der Waals surface area contributed by atoms with E-state index in [4.69, 9.17) is 10.5 Å². The van der Waals surface area contributed by atoms with Crippen LogP contribution in [-0.2, 0) is 42.2 Å². The van der Waals surface area contributed by atoms with Crippen molar-refractivity contribution >= 4 is 5.91 Å². The topological polar surface area (TPSA) is 73.6 Å². The number of amides is 1. The molecule has 0 saturated heterocycles. The third-order valence-electron chi connectivity index (χ3n) is 1.88. The molecule has 18 heavy (non-hydrogen) atoms. The van der Waals surface area contributed by atoms with Gasteiger partial charge in [0.15, 0.2) is 0 Å². The van der Waals surface area contributed by atoms with Crippen LogP contribution >= 0.6 is 0 Å². The molecular weight excluding hydrogens is 309 g/mol. The molecule has 0 aliphatic carbocycles. The summed E-state index contributed by atoms with van der Waals surface area (Å²) in [7, 11) is 1.61. The summed E-state index contributed by atoms with van der Waals surface area (Å²) in [5.74, 6) is -0.204. The largest absolute Gasteiger partial charge is 0.673 e. The summed E-state index contributed by atoms with van der Waals surface area (Å²) in [4.78, 5) is 12.8. The molecule has 107 valence electrons. The smallest absolute Gasteiger partial charge is 0.226 e. The zero-order valence-corrected chi connectivity index (χ0v) is 15.1. The molecule has 0 aliphatic rings. The van der Waals surface area contributed by atoms with Gasteiger partial charge in [-0.1, -0.05) is 27.2 Å². The summed E-state index contributed by atoms with van der Waals surface area (Å²) >= 11 is 0. The summed E-state index contributed by atoms with van der Waals surface area (Å²) in [6.45, 7) is 8.43. The van der Waals surface area contributed by atoms with Crippen molar-refractivity contribution in [2.24, 2.45) is 0 Å². The van der Waals surface area contributed by atoms with Crippen LogP contribution in [0.1, 0.15) is 40.5 Å². The van der Waals surface area contributed by atoms with Crippen LogP contribution in [0.25, 0.3) is 5.73 Å². The van der Waals surface area contributed by atoms with Crippen LogP contribution in [0.3, 0.4) is 0 Å². The fourth-order valence-corrected chi connectivity index (χ4v) is 0.812. The minimum Gasteiger partial charge on any atom is -0.673 e. The van der Waals surface area contributed by atoms with Gasteiger partial charge in [-0.15, -0.1) is 6.04 Å². The maximum absolute atomic E-state index is 11.4. The van der Waals surface area contributed by atoms with Gasteiger partial charge in [0.25, 0.3) is 0 Å². The zero-order valence-electron chi connectivity index (χ0n) is 12.3. The molecule has 1 radical (unpaired) electrons. The Morgan fingerprint density at radius 3 is 2.17 bits per heavy atom. The van der Waals surface area contributed by atoms with E-state index in [1.807, 2.05) is 6.92 Å². The van der Waals surface area contributed by atoms with Crippen molar-refractivity contribution in [2.45, 2.75) is 52.7 Å². The Bertz CT molecular complexity index is 192. The normalized spacial score (nSPS) is 12.6. The van der Waals surface area contributed by atoms with E-state index in [0.29, 0.717) is 6.61 Å². The van der Waals surface area contributed by atoms with Crippen LogP contribution in [0.5, 0.6) is 0 Å². The number of hydrogen-bond acceptors (Lipinski definition) is 3. The van der Waals surface area contributed by atoms with Crippen molar-refractivity contribution in [3.8, 4) is 0 Å². The molecule has 0 aromatic rings. The first-order valence-electron chi connectivity index (χ1n) is 6.11. The summed E-state index contributed by atoms with van der Waals surface area (Å²) in [5, 5.41) is 9.30. The van der Waals surface area contributed by atoms with E-state index >= 15 is 0 Å². The number of aliphatic hydroxyl groups excluding tert-OH is 1. The Balaban J connectivity index is -0.000000507. The van der Waals surface area contributed by atoms with E-state index in [2.05, 4.69) is 13.8 Å². The van der Waals surface area contributed by atoms with Crippen molar-refractivity contribution < 1.29 is 47.3 Å². The number of nitrogens with one attached hydrogen (secondary N) is 1. The molecule has 2 unspecified atom stereocenters. The van der Waals surface area contributed by atoms with Crippen molar-refractivity contribution in [1.82, 2.24) is 4.90 Å². The predicted molar refractivity (Wildman–Crippen MR) is 69.6 cm³/mol. The van der Waals surface area contributed by atoms with Crippen LogP contribution in [0.15, 0.2) is 0 Å². The molecule has 0 fully saturated rings. The molecule has 2 atom stereocenters. The number of ether oxygens (including phenoxy) is 1. The quantitative estimate of drug-likeness (QED) is 0.755. The molecule has 0 saturated carbocycles. The fraction of sp³-hybridized carbons (Fsp3) is 0.917. The van der Waals surface area contributed by atoms with Crippen LogP contribution in [0, 0.1) is 0 Å². The second kappa shape index (κ2) is 15.5. The van der Waals surface area contributed by atoms with Crippen LogP contribution in [0.4, 0.5) is 0 Å². The maximum Gasteiger partial charge on any atom is 0.226 e. The Labute approximate surface area is 136 Å². The molecular formula is C12H27N2O3Y-. The second-order valence-electron chi connectivity index (χ2n) is 3.98. The van der Waals surface area contributed by atoms with Gasteiger partial charge >= 0.3 is 0 Å². The van der Waals surface area contributed by atoms with E-state index in [-0.39, 0.29) is 51.8 Å². The van der Waals surface area contributed by atoms with Crippen molar-refractivity contribution in [2.75, 3.05) is 20.4 Å². The van der Waals surface area contributed by atoms with Gasteiger partial charge in [0.05, 0.1) is 6.42 Å². The predicted octanol–water partition coefficient (Wildman–Crippen LogP) is 2.04. The van der Waals surface area contributed by atoms with Gasteiger partial charge in [0.1, 0.15) is 6.73 Å². The number of carbonyl (C=O) groups is 1. The minimum absolute atomic E-state index is 0. The molecule has 0 aliphatic heterocycles. The van der Waals surface area contributed by atoms with E-state index in [9.17, 15) is 9.90 Å². The fourth-order valence-electron chi connectivity index (χ4n) is 0.812. The van der Waals surface area contributed by atoms with Gasteiger partial charge in [-0.2, -0.15) is 0 Å². The summed E-state index contributed by atoms with van der Waals surface area (Å²) < 4.78 is 5.04.